The van der Waals surface area contributed by atoms with E-state index >= 15 is 0 Å². The van der Waals surface area contributed by atoms with E-state index in [0.29, 0.717) is 0 Å². The molecule has 0 aliphatic rings. The molecular weight excluding hydrogens is 139 g/mol. The van der Waals surface area contributed by atoms with Crippen molar-refractivity contribution in [1.82, 2.24) is 0 Å². The van der Waals surface area contributed by atoms with Crippen LogP contribution in [0.1, 0.15) is 6.92 Å². The van der Waals surface area contributed by atoms with E-state index in [2.05, 4.69) is 6.92 Å². The van der Waals surface area contributed by atoms with Gasteiger partial charge in [-0.3, -0.25) is 0 Å². The molecule has 0 aromatic heterocycles. The summed E-state index contributed by atoms with van der Waals surface area (Å²) in [6, 6.07) is 0. The third-order valence-corrected chi connectivity index (χ3v) is 0. The molecule has 4 heteroatoms. The molecule has 7 heavy (non-hydrogen) atoms. The molecule has 40 valence electrons. The smallest absolute Gasteiger partial charge is 0.358 e. The van der Waals surface area contributed by atoms with E-state index in [-0.39, 0.29) is 45.2 Å². The van der Waals surface area contributed by atoms with Crippen LogP contribution in [0.3, 0.4) is 0 Å². The van der Waals surface area contributed by atoms with Crippen molar-refractivity contribution in [3.8, 4) is 0 Å². The van der Waals surface area contributed by atoms with E-state index in [1.807, 2.05) is 0 Å². The molecule has 0 aromatic carbocycles. The van der Waals surface area contributed by atoms with Crippen LogP contribution in [0.5, 0.6) is 0 Å². The molecule has 0 spiro atoms. The van der Waals surface area contributed by atoms with Crippen LogP contribution in [0.15, 0.2) is 0 Å². The number of hydrogen-bond donors (Lipinski definition) is 1. The molecule has 0 aliphatic heterocycles. The second-order valence-corrected chi connectivity index (χ2v) is 0.245. The molecule has 0 heterocycles. The SMILES string of the molecule is O=PO.[CH2-]C.[CH3-].[Ca+2]. The predicted octanol–water partition coefficient (Wildman–Crippen LogP) is 1.10. The van der Waals surface area contributed by atoms with Crippen LogP contribution in [0.2, 0.25) is 0 Å². The normalized spacial score (nSPS) is 3.86. The Labute approximate surface area is 76.6 Å². The molecule has 0 amide bonds. The van der Waals surface area contributed by atoms with Crippen LogP contribution in [-0.4, -0.2) is 42.6 Å². The van der Waals surface area contributed by atoms with Gasteiger partial charge in [-0.05, 0) is 0 Å². The van der Waals surface area contributed by atoms with E-state index < -0.39 is 8.69 Å². The van der Waals surface area contributed by atoms with Crippen LogP contribution in [0.25, 0.3) is 0 Å². The number of rotatable bonds is 0. The van der Waals surface area contributed by atoms with Crippen molar-refractivity contribution in [2.24, 2.45) is 0 Å². The van der Waals surface area contributed by atoms with Crippen molar-refractivity contribution >= 4 is 46.4 Å². The predicted molar refractivity (Wildman–Crippen MR) is 33.0 cm³/mol. The maximum atomic E-state index is 8.46. The topological polar surface area (TPSA) is 37.3 Å². The molecule has 0 aromatic rings. The summed E-state index contributed by atoms with van der Waals surface area (Å²) in [7, 11) is -0.833. The van der Waals surface area contributed by atoms with Gasteiger partial charge >= 0.3 is 46.4 Å². The minimum absolute atomic E-state index is 0. The third kappa shape index (κ3) is 119. The van der Waals surface area contributed by atoms with E-state index in [1.54, 1.807) is 6.92 Å². The maximum absolute atomic E-state index is 8.46. The first-order valence-electron chi connectivity index (χ1n) is 1.09. The van der Waals surface area contributed by atoms with Gasteiger partial charge in [0.05, 0.1) is 0 Å². The van der Waals surface area contributed by atoms with Crippen molar-refractivity contribution in [2.75, 3.05) is 0 Å². The van der Waals surface area contributed by atoms with E-state index in [1.165, 1.54) is 0 Å². The Bertz CT molecular complexity index is 20.4. The monoisotopic (exact) mass is 148 g/mol. The zero-order chi connectivity index (χ0) is 4.71. The van der Waals surface area contributed by atoms with Gasteiger partial charge in [0.25, 0.3) is 0 Å². The van der Waals surface area contributed by atoms with Gasteiger partial charge in [-0.1, -0.05) is 0 Å². The Hall–Kier alpha value is 1.32. The Morgan fingerprint density at radius 3 is 1.57 bits per heavy atom. The maximum Gasteiger partial charge on any atom is 2.00 e. The number of hydrogen-bond acceptors (Lipinski definition) is 1. The summed E-state index contributed by atoms with van der Waals surface area (Å²) in [5.41, 5.74) is 0. The van der Waals surface area contributed by atoms with E-state index in [0.717, 1.165) is 0 Å². The molecule has 1 N–H and O–H groups in total. The molecule has 0 unspecified atom stereocenters. The molecule has 0 saturated carbocycles. The Morgan fingerprint density at radius 1 is 1.57 bits per heavy atom. The van der Waals surface area contributed by atoms with Gasteiger partial charge in [0, 0.05) is 0 Å². The quantitative estimate of drug-likeness (QED) is 0.317. The first-order valence-corrected chi connectivity index (χ1v) is 1.85. The van der Waals surface area contributed by atoms with Crippen molar-refractivity contribution in [2.45, 2.75) is 6.92 Å². The molecule has 0 rings (SSSR count). The summed E-state index contributed by atoms with van der Waals surface area (Å²) < 4.78 is 8.46. The van der Waals surface area contributed by atoms with Gasteiger partial charge in [-0.15, -0.1) is 0 Å². The van der Waals surface area contributed by atoms with Crippen LogP contribution in [-0.2, 0) is 4.57 Å². The summed E-state index contributed by atoms with van der Waals surface area (Å²) >= 11 is 0. The van der Waals surface area contributed by atoms with Crippen LogP contribution in [0.4, 0.5) is 0 Å². The summed E-state index contributed by atoms with van der Waals surface area (Å²) in [5.74, 6) is 0. The fraction of sp³-hybridized carbons (Fsp3) is 0.333. The first kappa shape index (κ1) is 23.9. The standard InChI is InChI=1S/C2H5.CH3.Ca.HO2P/c1-2;;;1-3-2/h1H2,2H3;1H3;;(H,1,2)/q2*-1;+2;. The molecule has 0 aliphatic carbocycles. The van der Waals surface area contributed by atoms with E-state index in [9.17, 15) is 0 Å². The molecule has 0 atom stereocenters. The van der Waals surface area contributed by atoms with Crippen molar-refractivity contribution in [3.05, 3.63) is 14.4 Å². The van der Waals surface area contributed by atoms with Crippen molar-refractivity contribution < 1.29 is 9.46 Å². The minimum Gasteiger partial charge on any atom is -0.358 e. The molecule has 0 bridgehead atoms. The summed E-state index contributed by atoms with van der Waals surface area (Å²) in [6.45, 7) is 5.00. The van der Waals surface area contributed by atoms with Crippen LogP contribution in [0, 0.1) is 14.4 Å². The van der Waals surface area contributed by atoms with Crippen LogP contribution < -0.4 is 0 Å². The third-order valence-electron chi connectivity index (χ3n) is 0. The Morgan fingerprint density at radius 2 is 1.57 bits per heavy atom. The molecule has 0 fully saturated rings. The molecule has 0 radical (unpaired) electrons. The summed E-state index contributed by atoms with van der Waals surface area (Å²) in [5, 5.41) is 0. The Kier molecular flexibility index (Phi) is 185. The van der Waals surface area contributed by atoms with E-state index in [4.69, 9.17) is 9.46 Å². The Balaban J connectivity index is -0.0000000105. The zero-order valence-corrected chi connectivity index (χ0v) is 7.82. The first-order chi connectivity index (χ1) is 2.41. The molecular formula is C3H9CaO2P. The fourth-order valence-electron chi connectivity index (χ4n) is 0. The average molecular weight is 148 g/mol. The minimum atomic E-state index is -0.833. The van der Waals surface area contributed by atoms with Gasteiger partial charge in [-0.2, -0.15) is 6.92 Å². The fourth-order valence-corrected chi connectivity index (χ4v) is 0. The van der Waals surface area contributed by atoms with Gasteiger partial charge in [0.1, 0.15) is 0 Å². The largest absolute Gasteiger partial charge is 2.00 e. The average Bonchev–Trinajstić information content (AvgIpc) is 1.46. The summed E-state index contributed by atoms with van der Waals surface area (Å²) in [4.78, 5) is 6.99. The zero-order valence-electron chi connectivity index (χ0n) is 4.72. The van der Waals surface area contributed by atoms with Crippen molar-refractivity contribution in [3.63, 3.8) is 0 Å². The summed E-state index contributed by atoms with van der Waals surface area (Å²) in [6.07, 6.45) is 0. The van der Waals surface area contributed by atoms with Gasteiger partial charge in [0.15, 0.2) is 0 Å². The van der Waals surface area contributed by atoms with Gasteiger partial charge in [-0.25, -0.2) is 4.57 Å². The second kappa shape index (κ2) is 54.3. The second-order valence-electron chi connectivity index (χ2n) is 0.0816. The van der Waals surface area contributed by atoms with Gasteiger partial charge < -0.3 is 19.2 Å². The van der Waals surface area contributed by atoms with Crippen LogP contribution >= 0.6 is 8.69 Å². The van der Waals surface area contributed by atoms with Crippen molar-refractivity contribution in [1.29, 1.82) is 0 Å². The molecule has 0 saturated heterocycles. The molecule has 2 nitrogen and oxygen atoms in total. The van der Waals surface area contributed by atoms with Gasteiger partial charge in [0.2, 0.25) is 0 Å².